The molecule has 256 valence electrons. The highest BCUT2D eigenvalue weighted by Crippen LogP contribution is 2.43. The average molecular weight is 666 g/mol. The Balaban J connectivity index is 1.42. The van der Waals surface area contributed by atoms with Crippen molar-refractivity contribution in [3.8, 4) is 23.0 Å². The zero-order chi connectivity index (χ0) is 34.2. The molecule has 17 nitrogen and oxygen atoms in total. The predicted molar refractivity (Wildman–Crippen MR) is 148 cm³/mol. The molecule has 0 saturated carbocycles. The van der Waals surface area contributed by atoms with Gasteiger partial charge in [0.05, 0.1) is 24.9 Å². The normalized spacial score (nSPS) is 33.7. The lowest BCUT2D eigenvalue weighted by molar-refractivity contribution is -0.354. The monoisotopic (exact) mass is 665 g/mol. The van der Waals surface area contributed by atoms with Gasteiger partial charge in [-0.1, -0.05) is 12.1 Å². The summed E-state index contributed by atoms with van der Waals surface area (Å²) in [6, 6.07) is 8.22. The lowest BCUT2D eigenvalue weighted by atomic mass is 9.95. The van der Waals surface area contributed by atoms with E-state index < -0.39 is 104 Å². The highest BCUT2D eigenvalue weighted by molar-refractivity contribution is 6.02. The van der Waals surface area contributed by atoms with Crippen LogP contribution in [-0.4, -0.2) is 121 Å². The third-order valence-electron chi connectivity index (χ3n) is 7.93. The number of phenolic OH excluding ortho intramolecular Hbond substituents is 2. The second-order valence-corrected chi connectivity index (χ2v) is 11.3. The van der Waals surface area contributed by atoms with Gasteiger partial charge in [-0.2, -0.15) is 0 Å². The third kappa shape index (κ3) is 7.42. The minimum Gasteiger partial charge on any atom is -0.550 e. The SMILES string of the molecule is C[C@@H]1O[C@@H](O[C@H]2[C@H](Oc3cc(O)c4c(c3)O[C@H](c3ccc(O)cc3)CC4=O)O[C@H](COC(=O)CC(=O)[O-])[C@@H](O)[C@@H]2O)[C@H](O)[C@H](O)[C@H]1O. The van der Waals surface area contributed by atoms with Crippen molar-refractivity contribution < 1.29 is 83.7 Å². The number of aliphatic carboxylic acids is 1. The number of rotatable bonds is 9. The van der Waals surface area contributed by atoms with Crippen LogP contribution in [-0.2, 0) is 28.5 Å². The molecule has 3 heterocycles. The summed E-state index contributed by atoms with van der Waals surface area (Å²) in [5.74, 6) is -4.24. The summed E-state index contributed by atoms with van der Waals surface area (Å²) in [4.78, 5) is 35.5. The maximum atomic E-state index is 13.0. The lowest BCUT2D eigenvalue weighted by Crippen LogP contribution is -2.64. The summed E-state index contributed by atoms with van der Waals surface area (Å²) in [5.41, 5.74) is 0.413. The molecule has 2 aromatic carbocycles. The van der Waals surface area contributed by atoms with Crippen molar-refractivity contribution >= 4 is 17.7 Å². The molecular formula is C30H33O17-. The summed E-state index contributed by atoms with van der Waals surface area (Å²) in [6.07, 6.45) is -18.6. The van der Waals surface area contributed by atoms with Crippen LogP contribution in [0.4, 0.5) is 0 Å². The first kappa shape index (κ1) is 34.3. The van der Waals surface area contributed by atoms with E-state index in [-0.39, 0.29) is 29.2 Å². The number of Topliss-reactive ketones (excluding diaryl/α,β-unsaturated/α-hetero) is 1. The van der Waals surface area contributed by atoms with Crippen molar-refractivity contribution in [3.63, 3.8) is 0 Å². The summed E-state index contributed by atoms with van der Waals surface area (Å²) in [7, 11) is 0. The van der Waals surface area contributed by atoms with Crippen molar-refractivity contribution in [1.82, 2.24) is 0 Å². The zero-order valence-electron chi connectivity index (χ0n) is 24.6. The molecule has 3 aliphatic rings. The molecule has 0 amide bonds. The summed E-state index contributed by atoms with van der Waals surface area (Å²) >= 11 is 0. The van der Waals surface area contributed by atoms with Crippen LogP contribution in [0.1, 0.15) is 41.8 Å². The molecule has 3 aliphatic heterocycles. The standard InChI is InChI=1S/C30H34O17/c1-11-23(37)25(39)27(41)29(43-11)47-28-26(40)24(38)19(10-42-21(36)9-20(34)35)46-30(28)44-14-6-15(32)22-16(33)8-17(45-18(22)7-14)12-2-4-13(31)5-3-12/h2-7,11,17,19,23-32,37-41H,8-10H2,1H3,(H,34,35)/p-1/t11-,17-,19+,23-,24+,25+,26-,27+,28+,29-,30+/m0/s1. The van der Waals surface area contributed by atoms with E-state index in [2.05, 4.69) is 0 Å². The highest BCUT2D eigenvalue weighted by atomic mass is 16.8. The molecule has 0 aliphatic carbocycles. The first-order valence-electron chi connectivity index (χ1n) is 14.5. The molecule has 0 aromatic heterocycles. The molecule has 2 fully saturated rings. The third-order valence-corrected chi connectivity index (χ3v) is 7.93. The van der Waals surface area contributed by atoms with Crippen LogP contribution in [0, 0.1) is 0 Å². The van der Waals surface area contributed by atoms with Gasteiger partial charge < -0.3 is 74.1 Å². The number of hydrogen-bond acceptors (Lipinski definition) is 17. The molecule has 0 unspecified atom stereocenters. The quantitative estimate of drug-likeness (QED) is 0.108. The van der Waals surface area contributed by atoms with Crippen molar-refractivity contribution in [2.45, 2.75) is 87.3 Å². The lowest BCUT2D eigenvalue weighted by Gasteiger charge is -2.45. The molecular weight excluding hydrogens is 632 g/mol. The number of aliphatic hydroxyl groups is 5. The molecule has 2 saturated heterocycles. The number of carboxylic acid groups (broad SMARTS) is 1. The van der Waals surface area contributed by atoms with Crippen LogP contribution in [0.15, 0.2) is 36.4 Å². The summed E-state index contributed by atoms with van der Waals surface area (Å²) < 4.78 is 33.6. The van der Waals surface area contributed by atoms with Crippen molar-refractivity contribution in [3.05, 3.63) is 47.5 Å². The van der Waals surface area contributed by atoms with Gasteiger partial charge in [-0.25, -0.2) is 0 Å². The predicted octanol–water partition coefficient (Wildman–Crippen LogP) is -2.47. The van der Waals surface area contributed by atoms with Crippen LogP contribution >= 0.6 is 0 Å². The van der Waals surface area contributed by atoms with Crippen molar-refractivity contribution in [2.75, 3.05) is 6.61 Å². The largest absolute Gasteiger partial charge is 0.550 e. The first-order valence-corrected chi connectivity index (χ1v) is 14.5. The van der Waals surface area contributed by atoms with Gasteiger partial charge in [0.25, 0.3) is 0 Å². The van der Waals surface area contributed by atoms with Gasteiger partial charge in [0.1, 0.15) is 77.9 Å². The first-order chi connectivity index (χ1) is 22.2. The minimum absolute atomic E-state index is 0.000525. The Kier molecular flexibility index (Phi) is 10.2. The average Bonchev–Trinajstić information content (AvgIpc) is 3.01. The van der Waals surface area contributed by atoms with Gasteiger partial charge in [-0.15, -0.1) is 0 Å². The number of aliphatic hydroxyl groups excluding tert-OH is 5. The van der Waals surface area contributed by atoms with E-state index in [0.29, 0.717) is 5.56 Å². The van der Waals surface area contributed by atoms with E-state index >= 15 is 0 Å². The number of carbonyl (C=O) groups excluding carboxylic acids is 3. The molecule has 5 rings (SSSR count). The van der Waals surface area contributed by atoms with Crippen molar-refractivity contribution in [1.29, 1.82) is 0 Å². The van der Waals surface area contributed by atoms with E-state index in [4.69, 9.17) is 28.4 Å². The van der Waals surface area contributed by atoms with E-state index in [1.807, 2.05) is 0 Å². The number of ketones is 1. The fourth-order valence-corrected chi connectivity index (χ4v) is 5.40. The highest BCUT2D eigenvalue weighted by Gasteiger charge is 2.51. The number of fused-ring (bicyclic) bond motifs is 1. The Labute approximate surface area is 266 Å². The number of aromatic hydroxyl groups is 2. The Morgan fingerprint density at radius 1 is 0.915 bits per heavy atom. The maximum absolute atomic E-state index is 13.0. The van der Waals surface area contributed by atoms with Crippen LogP contribution in [0.25, 0.3) is 0 Å². The zero-order valence-corrected chi connectivity index (χ0v) is 24.6. The van der Waals surface area contributed by atoms with Gasteiger partial charge in [0.15, 0.2) is 18.2 Å². The van der Waals surface area contributed by atoms with Crippen LogP contribution in [0.2, 0.25) is 0 Å². The Morgan fingerprint density at radius 2 is 1.62 bits per heavy atom. The fraction of sp³-hybridized carbons (Fsp3) is 0.500. The van der Waals surface area contributed by atoms with Gasteiger partial charge in [0.2, 0.25) is 6.29 Å². The Bertz CT molecular complexity index is 1460. The summed E-state index contributed by atoms with van der Waals surface area (Å²) in [6.45, 7) is 0.620. The molecule has 0 spiro atoms. The van der Waals surface area contributed by atoms with Crippen molar-refractivity contribution in [2.24, 2.45) is 0 Å². The summed E-state index contributed by atoms with van der Waals surface area (Å²) in [5, 5.41) is 83.7. The molecule has 2 aromatic rings. The number of esters is 1. The minimum atomic E-state index is -1.92. The molecule has 17 heteroatoms. The fourth-order valence-electron chi connectivity index (χ4n) is 5.40. The van der Waals surface area contributed by atoms with E-state index in [0.717, 1.165) is 6.07 Å². The number of benzene rings is 2. The topological polar surface area (TPSA) is 271 Å². The van der Waals surface area contributed by atoms with Gasteiger partial charge in [-0.3, -0.25) is 9.59 Å². The number of phenols is 2. The van der Waals surface area contributed by atoms with E-state index in [1.54, 1.807) is 12.1 Å². The second kappa shape index (κ2) is 14.0. The molecule has 7 N–H and O–H groups in total. The Morgan fingerprint density at radius 3 is 2.30 bits per heavy atom. The smallest absolute Gasteiger partial charge is 0.311 e. The van der Waals surface area contributed by atoms with Crippen LogP contribution < -0.4 is 14.6 Å². The molecule has 0 bridgehead atoms. The number of ether oxygens (including phenoxy) is 6. The maximum Gasteiger partial charge on any atom is 0.311 e. The van der Waals surface area contributed by atoms with Crippen LogP contribution in [0.5, 0.6) is 23.0 Å². The molecule has 0 radical (unpaired) electrons. The Hall–Kier alpha value is -4.07. The van der Waals surface area contributed by atoms with Gasteiger partial charge >= 0.3 is 5.97 Å². The van der Waals surface area contributed by atoms with Gasteiger partial charge in [0, 0.05) is 12.1 Å². The number of carbonyl (C=O) groups is 3. The van der Waals surface area contributed by atoms with E-state index in [1.165, 1.54) is 25.1 Å². The number of carboxylic acids is 1. The molecule has 11 atom stereocenters. The van der Waals surface area contributed by atoms with E-state index in [9.17, 15) is 55.2 Å². The van der Waals surface area contributed by atoms with Crippen LogP contribution in [0.3, 0.4) is 0 Å². The number of hydrogen-bond donors (Lipinski definition) is 7. The second-order valence-electron chi connectivity index (χ2n) is 11.3. The molecule has 47 heavy (non-hydrogen) atoms. The van der Waals surface area contributed by atoms with Gasteiger partial charge in [-0.05, 0) is 24.6 Å².